The quantitative estimate of drug-likeness (QED) is 0.590. The summed E-state index contributed by atoms with van der Waals surface area (Å²) in [4.78, 5) is 2.25. The van der Waals surface area contributed by atoms with E-state index in [1.54, 1.807) is 0 Å². The summed E-state index contributed by atoms with van der Waals surface area (Å²) in [5, 5.41) is 0. The van der Waals surface area contributed by atoms with E-state index in [4.69, 9.17) is 0 Å². The van der Waals surface area contributed by atoms with Gasteiger partial charge in [-0.05, 0) is 25.0 Å². The molecule has 0 aliphatic heterocycles. The van der Waals surface area contributed by atoms with Crippen molar-refractivity contribution < 1.29 is 0 Å². The third-order valence-electron chi connectivity index (χ3n) is 1.65. The lowest BCUT2D eigenvalue weighted by Gasteiger charge is -2.14. The molecule has 0 atom stereocenters. The molecule has 0 unspecified atom stereocenters. The molecule has 1 nitrogen and oxygen atoms in total. The van der Waals surface area contributed by atoms with Gasteiger partial charge in [0.1, 0.15) is 0 Å². The normalized spacial score (nSPS) is 11.4. The molecule has 0 N–H and O–H groups in total. The van der Waals surface area contributed by atoms with Crippen molar-refractivity contribution in [3.63, 3.8) is 0 Å². The molecule has 0 heterocycles. The van der Waals surface area contributed by atoms with Gasteiger partial charge < -0.3 is 4.90 Å². The van der Waals surface area contributed by atoms with Crippen molar-refractivity contribution in [3.8, 4) is 0 Å². The van der Waals surface area contributed by atoms with Crippen LogP contribution in [0.15, 0.2) is 12.3 Å². The second-order valence-corrected chi connectivity index (χ2v) is 3.46. The van der Waals surface area contributed by atoms with E-state index in [2.05, 4.69) is 45.0 Å². The largest absolute Gasteiger partial charge is 0.381 e. The van der Waals surface area contributed by atoms with Crippen molar-refractivity contribution >= 4 is 0 Å². The lowest BCUT2D eigenvalue weighted by molar-refractivity contribution is 0.403. The first kappa shape index (κ1) is 10.5. The molecule has 0 radical (unpaired) electrons. The van der Waals surface area contributed by atoms with Crippen LogP contribution in [-0.4, -0.2) is 18.5 Å². The molecule has 0 aromatic heterocycles. The average molecular weight is 155 g/mol. The van der Waals surface area contributed by atoms with Crippen LogP contribution in [0.1, 0.15) is 33.6 Å². The maximum Gasteiger partial charge on any atom is 0.0171 e. The molecule has 11 heavy (non-hydrogen) atoms. The summed E-state index contributed by atoms with van der Waals surface area (Å²) in [6.45, 7) is 7.86. The van der Waals surface area contributed by atoms with Crippen LogP contribution in [0.5, 0.6) is 0 Å². The van der Waals surface area contributed by atoms with Gasteiger partial charge in [0, 0.05) is 13.6 Å². The van der Waals surface area contributed by atoms with Crippen molar-refractivity contribution in [2.24, 2.45) is 5.92 Å². The summed E-state index contributed by atoms with van der Waals surface area (Å²) in [6, 6.07) is 0. The molecule has 1 heteroatoms. The van der Waals surface area contributed by atoms with E-state index in [1.165, 1.54) is 13.0 Å². The smallest absolute Gasteiger partial charge is 0.0171 e. The van der Waals surface area contributed by atoms with Crippen LogP contribution >= 0.6 is 0 Å². The average Bonchev–Trinajstić information content (AvgIpc) is 1.97. The SMILES string of the molecule is CCC=CN(C)CCC(C)C. The molecule has 0 saturated heterocycles. The van der Waals surface area contributed by atoms with Crippen molar-refractivity contribution in [1.29, 1.82) is 0 Å². The fourth-order valence-corrected chi connectivity index (χ4v) is 0.822. The van der Waals surface area contributed by atoms with E-state index in [1.807, 2.05) is 0 Å². The van der Waals surface area contributed by atoms with Crippen LogP contribution in [-0.2, 0) is 0 Å². The van der Waals surface area contributed by atoms with Gasteiger partial charge in [0.05, 0.1) is 0 Å². The van der Waals surface area contributed by atoms with Crippen LogP contribution in [0.25, 0.3) is 0 Å². The molecule has 66 valence electrons. The van der Waals surface area contributed by atoms with Crippen molar-refractivity contribution in [1.82, 2.24) is 4.90 Å². The minimum absolute atomic E-state index is 0.812. The van der Waals surface area contributed by atoms with Gasteiger partial charge in [0.25, 0.3) is 0 Å². The Morgan fingerprint density at radius 1 is 1.36 bits per heavy atom. The predicted molar refractivity (Wildman–Crippen MR) is 51.5 cm³/mol. The molecule has 0 aromatic carbocycles. The Balaban J connectivity index is 3.36. The highest BCUT2D eigenvalue weighted by Crippen LogP contribution is 2.00. The van der Waals surface area contributed by atoms with Crippen molar-refractivity contribution in [2.75, 3.05) is 13.6 Å². The zero-order valence-corrected chi connectivity index (χ0v) is 8.30. The highest BCUT2D eigenvalue weighted by Gasteiger charge is 1.94. The van der Waals surface area contributed by atoms with Gasteiger partial charge in [-0.25, -0.2) is 0 Å². The van der Waals surface area contributed by atoms with E-state index in [-0.39, 0.29) is 0 Å². The maximum absolute atomic E-state index is 2.26. The first-order valence-corrected chi connectivity index (χ1v) is 4.53. The lowest BCUT2D eigenvalue weighted by Crippen LogP contribution is -2.13. The topological polar surface area (TPSA) is 3.24 Å². The predicted octanol–water partition coefficient (Wildman–Crippen LogP) is 2.89. The van der Waals surface area contributed by atoms with Crippen LogP contribution in [0.4, 0.5) is 0 Å². The molecule has 0 rings (SSSR count). The minimum atomic E-state index is 0.812. The van der Waals surface area contributed by atoms with Crippen LogP contribution in [0.3, 0.4) is 0 Å². The minimum Gasteiger partial charge on any atom is -0.381 e. The first-order chi connectivity index (χ1) is 5.16. The summed E-state index contributed by atoms with van der Waals surface area (Å²) in [6.07, 6.45) is 6.78. The Bertz CT molecular complexity index is 105. The molecular formula is C10H21N. The van der Waals surface area contributed by atoms with E-state index >= 15 is 0 Å². The van der Waals surface area contributed by atoms with Crippen LogP contribution < -0.4 is 0 Å². The molecule has 0 amide bonds. The van der Waals surface area contributed by atoms with Gasteiger partial charge in [0.15, 0.2) is 0 Å². The molecule has 0 bridgehead atoms. The number of nitrogens with zero attached hydrogens (tertiary/aromatic N) is 1. The second-order valence-electron chi connectivity index (χ2n) is 3.46. The van der Waals surface area contributed by atoms with Crippen LogP contribution in [0.2, 0.25) is 0 Å². The summed E-state index contributed by atoms with van der Waals surface area (Å²) < 4.78 is 0. The molecule has 0 saturated carbocycles. The monoisotopic (exact) mass is 155 g/mol. The van der Waals surface area contributed by atoms with E-state index in [9.17, 15) is 0 Å². The Kier molecular flexibility index (Phi) is 6.00. The van der Waals surface area contributed by atoms with Crippen molar-refractivity contribution in [2.45, 2.75) is 33.6 Å². The van der Waals surface area contributed by atoms with Gasteiger partial charge >= 0.3 is 0 Å². The fourth-order valence-electron chi connectivity index (χ4n) is 0.822. The van der Waals surface area contributed by atoms with Gasteiger partial charge in [-0.2, -0.15) is 0 Å². The van der Waals surface area contributed by atoms with Crippen molar-refractivity contribution in [3.05, 3.63) is 12.3 Å². The first-order valence-electron chi connectivity index (χ1n) is 4.53. The standard InChI is InChI=1S/C10H21N/c1-5-6-8-11(4)9-7-10(2)3/h6,8,10H,5,7,9H2,1-4H3. The molecule has 0 spiro atoms. The fraction of sp³-hybridized carbons (Fsp3) is 0.800. The summed E-state index contributed by atoms with van der Waals surface area (Å²) in [7, 11) is 2.13. The molecule has 0 aromatic rings. The Morgan fingerprint density at radius 3 is 2.45 bits per heavy atom. The summed E-state index contributed by atoms with van der Waals surface area (Å²) >= 11 is 0. The van der Waals surface area contributed by atoms with Gasteiger partial charge in [-0.3, -0.25) is 0 Å². The Hall–Kier alpha value is -0.460. The van der Waals surface area contributed by atoms with Gasteiger partial charge in [-0.1, -0.05) is 26.8 Å². The third kappa shape index (κ3) is 7.44. The number of rotatable bonds is 5. The van der Waals surface area contributed by atoms with E-state index in [0.717, 1.165) is 12.3 Å². The zero-order chi connectivity index (χ0) is 8.69. The Morgan fingerprint density at radius 2 is 2.00 bits per heavy atom. The second kappa shape index (κ2) is 6.26. The molecule has 0 aliphatic carbocycles. The lowest BCUT2D eigenvalue weighted by atomic mass is 10.1. The highest BCUT2D eigenvalue weighted by atomic mass is 15.1. The number of hydrogen-bond donors (Lipinski definition) is 0. The zero-order valence-electron chi connectivity index (χ0n) is 8.30. The number of hydrogen-bond acceptors (Lipinski definition) is 1. The highest BCUT2D eigenvalue weighted by molar-refractivity contribution is 4.78. The summed E-state index contributed by atoms with van der Waals surface area (Å²) in [5.74, 6) is 0.812. The summed E-state index contributed by atoms with van der Waals surface area (Å²) in [5.41, 5.74) is 0. The number of allylic oxidation sites excluding steroid dienone is 1. The third-order valence-corrected chi connectivity index (χ3v) is 1.65. The maximum atomic E-state index is 2.26. The van der Waals surface area contributed by atoms with Gasteiger partial charge in [-0.15, -0.1) is 0 Å². The Labute approximate surface area is 71.1 Å². The molecular weight excluding hydrogens is 134 g/mol. The van der Waals surface area contributed by atoms with E-state index < -0.39 is 0 Å². The van der Waals surface area contributed by atoms with E-state index in [0.29, 0.717) is 0 Å². The molecule has 0 fully saturated rings. The van der Waals surface area contributed by atoms with Crippen LogP contribution in [0, 0.1) is 5.92 Å². The molecule has 0 aliphatic rings. The van der Waals surface area contributed by atoms with Gasteiger partial charge in [0.2, 0.25) is 0 Å².